The van der Waals surface area contributed by atoms with Crippen molar-refractivity contribution < 1.29 is 13.9 Å². The predicted octanol–water partition coefficient (Wildman–Crippen LogP) is 5.54. The summed E-state index contributed by atoms with van der Waals surface area (Å²) >= 11 is 13.1. The molecule has 2 aromatic carbocycles. The van der Waals surface area contributed by atoms with E-state index in [4.69, 9.17) is 32.4 Å². The molecule has 0 aliphatic carbocycles. The van der Waals surface area contributed by atoms with Crippen molar-refractivity contribution in [2.45, 2.75) is 38.6 Å². The molecule has 9 heteroatoms. The zero-order chi connectivity index (χ0) is 21.7. The van der Waals surface area contributed by atoms with Gasteiger partial charge in [0, 0.05) is 0 Å². The Bertz CT molecular complexity index is 1040. The quantitative estimate of drug-likeness (QED) is 0.439. The SMILES string of the molecule is Cc1ccc(C)c(OCc2nnc(SCC(=O)NC(C)c3ccc(Cl)c(Cl)c3)o2)c1. The molecule has 3 aromatic rings. The minimum absolute atomic E-state index is 0.144. The Morgan fingerprint density at radius 1 is 1.17 bits per heavy atom. The smallest absolute Gasteiger partial charge is 0.277 e. The van der Waals surface area contributed by atoms with Crippen molar-refractivity contribution in [3.8, 4) is 5.75 Å². The van der Waals surface area contributed by atoms with Gasteiger partial charge < -0.3 is 14.5 Å². The van der Waals surface area contributed by atoms with E-state index in [1.165, 1.54) is 0 Å². The number of carbonyl (C=O) groups excluding carboxylic acids is 1. The van der Waals surface area contributed by atoms with E-state index in [1.807, 2.05) is 45.0 Å². The van der Waals surface area contributed by atoms with Crippen LogP contribution in [0, 0.1) is 13.8 Å². The summed E-state index contributed by atoms with van der Waals surface area (Å²) in [5.74, 6) is 1.11. The van der Waals surface area contributed by atoms with Gasteiger partial charge in [0.25, 0.3) is 11.1 Å². The summed E-state index contributed by atoms with van der Waals surface area (Å²) in [5.41, 5.74) is 3.01. The molecule has 0 fully saturated rings. The van der Waals surface area contributed by atoms with E-state index in [0.29, 0.717) is 21.2 Å². The van der Waals surface area contributed by atoms with Gasteiger partial charge in [0.05, 0.1) is 21.8 Å². The molecule has 1 N–H and O–H groups in total. The van der Waals surface area contributed by atoms with E-state index >= 15 is 0 Å². The van der Waals surface area contributed by atoms with Gasteiger partial charge in [-0.15, -0.1) is 10.2 Å². The molecule has 30 heavy (non-hydrogen) atoms. The number of ether oxygens (including phenoxy) is 1. The van der Waals surface area contributed by atoms with Crippen molar-refractivity contribution in [2.24, 2.45) is 0 Å². The van der Waals surface area contributed by atoms with Gasteiger partial charge in [-0.25, -0.2) is 0 Å². The third-order valence-electron chi connectivity index (χ3n) is 4.29. The minimum atomic E-state index is -0.211. The van der Waals surface area contributed by atoms with Crippen LogP contribution in [0.15, 0.2) is 46.0 Å². The number of rotatable bonds is 8. The van der Waals surface area contributed by atoms with Gasteiger partial charge in [0.1, 0.15) is 5.75 Å². The van der Waals surface area contributed by atoms with Crippen LogP contribution in [0.3, 0.4) is 0 Å². The van der Waals surface area contributed by atoms with Crippen LogP contribution in [0.25, 0.3) is 0 Å². The molecule has 0 radical (unpaired) electrons. The number of nitrogens with one attached hydrogen (secondary N) is 1. The maximum absolute atomic E-state index is 12.2. The summed E-state index contributed by atoms with van der Waals surface area (Å²) in [4.78, 5) is 12.2. The Kier molecular flexibility index (Phi) is 7.64. The number of aryl methyl sites for hydroxylation is 2. The van der Waals surface area contributed by atoms with E-state index in [0.717, 1.165) is 34.2 Å². The molecule has 1 unspecified atom stereocenters. The standard InChI is InChI=1S/C21H21Cl2N3O3S/c1-12-4-5-13(2)18(8-12)28-10-20-25-26-21(29-20)30-11-19(27)24-14(3)15-6-7-16(22)17(23)9-15/h4-9,14H,10-11H2,1-3H3,(H,24,27). The summed E-state index contributed by atoms with van der Waals surface area (Å²) in [6, 6.07) is 11.0. The fraction of sp³-hybridized carbons (Fsp3) is 0.286. The zero-order valence-electron chi connectivity index (χ0n) is 16.7. The lowest BCUT2D eigenvalue weighted by Crippen LogP contribution is -2.28. The van der Waals surface area contributed by atoms with Gasteiger partial charge in [-0.05, 0) is 55.7 Å². The van der Waals surface area contributed by atoms with Crippen LogP contribution in [0.1, 0.15) is 35.5 Å². The number of halogens is 2. The third kappa shape index (κ3) is 6.14. The largest absolute Gasteiger partial charge is 0.484 e. The number of hydrogen-bond acceptors (Lipinski definition) is 6. The van der Waals surface area contributed by atoms with Gasteiger partial charge in [-0.1, -0.05) is 53.2 Å². The van der Waals surface area contributed by atoms with Crippen LogP contribution in [-0.2, 0) is 11.4 Å². The fourth-order valence-corrected chi connectivity index (χ4v) is 3.53. The molecule has 0 bridgehead atoms. The summed E-state index contributed by atoms with van der Waals surface area (Å²) in [5, 5.41) is 12.1. The lowest BCUT2D eigenvalue weighted by molar-refractivity contribution is -0.119. The van der Waals surface area contributed by atoms with Crippen molar-refractivity contribution in [1.29, 1.82) is 0 Å². The van der Waals surface area contributed by atoms with Crippen molar-refractivity contribution in [2.75, 3.05) is 5.75 Å². The number of thioether (sulfide) groups is 1. The first-order valence-corrected chi connectivity index (χ1v) is 11.0. The first-order valence-electron chi connectivity index (χ1n) is 9.21. The fourth-order valence-electron chi connectivity index (χ4n) is 2.63. The second-order valence-electron chi connectivity index (χ2n) is 6.77. The Labute approximate surface area is 189 Å². The third-order valence-corrected chi connectivity index (χ3v) is 5.85. The second kappa shape index (κ2) is 10.2. The normalized spacial score (nSPS) is 11.9. The zero-order valence-corrected chi connectivity index (χ0v) is 19.1. The first-order chi connectivity index (χ1) is 14.3. The summed E-state index contributed by atoms with van der Waals surface area (Å²) in [7, 11) is 0. The Hall–Kier alpha value is -2.22. The average molecular weight is 466 g/mol. The molecule has 1 aromatic heterocycles. The van der Waals surface area contributed by atoms with Crippen LogP contribution < -0.4 is 10.1 Å². The molecular weight excluding hydrogens is 445 g/mol. The number of hydrogen-bond donors (Lipinski definition) is 1. The van der Waals surface area contributed by atoms with Crippen LogP contribution in [0.5, 0.6) is 5.75 Å². The average Bonchev–Trinajstić information content (AvgIpc) is 3.17. The number of aromatic nitrogens is 2. The predicted molar refractivity (Wildman–Crippen MR) is 118 cm³/mol. The first kappa shape index (κ1) is 22.5. The number of nitrogens with zero attached hydrogens (tertiary/aromatic N) is 2. The Morgan fingerprint density at radius 3 is 2.73 bits per heavy atom. The monoisotopic (exact) mass is 465 g/mol. The van der Waals surface area contributed by atoms with Crippen LogP contribution in [0.4, 0.5) is 0 Å². The molecule has 1 heterocycles. The molecule has 0 aliphatic heterocycles. The molecule has 3 rings (SSSR count). The van der Waals surface area contributed by atoms with Crippen molar-refractivity contribution in [3.63, 3.8) is 0 Å². The maximum atomic E-state index is 12.2. The van der Waals surface area contributed by atoms with Crippen molar-refractivity contribution in [1.82, 2.24) is 15.5 Å². The van der Waals surface area contributed by atoms with Gasteiger partial charge >= 0.3 is 0 Å². The van der Waals surface area contributed by atoms with Crippen LogP contribution in [-0.4, -0.2) is 21.9 Å². The van der Waals surface area contributed by atoms with Gasteiger partial charge in [-0.3, -0.25) is 4.79 Å². The van der Waals surface area contributed by atoms with Gasteiger partial charge in [-0.2, -0.15) is 0 Å². The van der Waals surface area contributed by atoms with E-state index in [9.17, 15) is 4.79 Å². The van der Waals surface area contributed by atoms with E-state index in [1.54, 1.807) is 12.1 Å². The number of amides is 1. The molecule has 1 amide bonds. The highest BCUT2D eigenvalue weighted by molar-refractivity contribution is 7.99. The Morgan fingerprint density at radius 2 is 1.97 bits per heavy atom. The molecule has 0 saturated heterocycles. The molecule has 0 spiro atoms. The van der Waals surface area contributed by atoms with Gasteiger partial charge in [0.2, 0.25) is 5.91 Å². The maximum Gasteiger partial charge on any atom is 0.277 e. The topological polar surface area (TPSA) is 77.2 Å². The second-order valence-corrected chi connectivity index (χ2v) is 8.51. The van der Waals surface area contributed by atoms with E-state index < -0.39 is 0 Å². The highest BCUT2D eigenvalue weighted by Gasteiger charge is 2.14. The minimum Gasteiger partial charge on any atom is -0.484 e. The molecule has 0 saturated carbocycles. The molecular formula is C21H21Cl2N3O3S. The molecule has 0 aliphatic rings. The summed E-state index contributed by atoms with van der Waals surface area (Å²) in [6.45, 7) is 6.01. The number of carbonyl (C=O) groups is 1. The van der Waals surface area contributed by atoms with Crippen LogP contribution >= 0.6 is 35.0 Å². The molecule has 6 nitrogen and oxygen atoms in total. The van der Waals surface area contributed by atoms with Crippen molar-refractivity contribution in [3.05, 3.63) is 69.0 Å². The molecule has 1 atom stereocenters. The Balaban J connectivity index is 1.48. The van der Waals surface area contributed by atoms with Gasteiger partial charge in [0.15, 0.2) is 6.61 Å². The van der Waals surface area contributed by atoms with Crippen LogP contribution in [0.2, 0.25) is 10.0 Å². The van der Waals surface area contributed by atoms with E-state index in [2.05, 4.69) is 15.5 Å². The summed E-state index contributed by atoms with van der Waals surface area (Å²) in [6.07, 6.45) is 0. The van der Waals surface area contributed by atoms with E-state index in [-0.39, 0.29) is 24.3 Å². The summed E-state index contributed by atoms with van der Waals surface area (Å²) < 4.78 is 11.3. The highest BCUT2D eigenvalue weighted by Crippen LogP contribution is 2.26. The highest BCUT2D eigenvalue weighted by atomic mass is 35.5. The van der Waals surface area contributed by atoms with Crippen molar-refractivity contribution >= 4 is 40.9 Å². The lowest BCUT2D eigenvalue weighted by Gasteiger charge is -2.14. The lowest BCUT2D eigenvalue weighted by atomic mass is 10.1. The number of benzene rings is 2. The molecule has 158 valence electrons.